The third kappa shape index (κ3) is 3.44. The zero-order valence-corrected chi connectivity index (χ0v) is 13.4. The van der Waals surface area contributed by atoms with E-state index in [1.165, 1.54) is 4.90 Å². The molecule has 1 aliphatic heterocycles. The summed E-state index contributed by atoms with van der Waals surface area (Å²) in [5.74, 6) is -0.277. The molecular weight excluding hydrogens is 312 g/mol. The molecule has 0 radical (unpaired) electrons. The fraction of sp³-hybridized carbons (Fsp3) is 0.222. The van der Waals surface area contributed by atoms with Crippen LogP contribution in [0.5, 0.6) is 0 Å². The molecule has 2 aromatic carbocycles. The molecule has 1 heterocycles. The molecule has 1 aliphatic rings. The highest BCUT2D eigenvalue weighted by Crippen LogP contribution is 2.21. The van der Waals surface area contributed by atoms with Gasteiger partial charge in [-0.15, -0.1) is 0 Å². The molecule has 2 amide bonds. The van der Waals surface area contributed by atoms with Crippen LogP contribution in [-0.2, 0) is 16.0 Å². The molecule has 0 saturated carbocycles. The smallest absolute Gasteiger partial charge is 0.292 e. The first-order chi connectivity index (χ1) is 11.2. The van der Waals surface area contributed by atoms with Crippen LogP contribution >= 0.6 is 11.6 Å². The first-order valence-electron chi connectivity index (χ1n) is 7.65. The molecule has 1 fully saturated rings. The van der Waals surface area contributed by atoms with Gasteiger partial charge in [-0.1, -0.05) is 48.0 Å². The van der Waals surface area contributed by atoms with Crippen LogP contribution < -0.4 is 10.2 Å². The molecule has 23 heavy (non-hydrogen) atoms. The van der Waals surface area contributed by atoms with E-state index in [9.17, 15) is 9.59 Å². The van der Waals surface area contributed by atoms with Crippen LogP contribution in [0.3, 0.4) is 0 Å². The Balaban J connectivity index is 1.61. The van der Waals surface area contributed by atoms with E-state index in [1.807, 2.05) is 47.8 Å². The number of amides is 2. The second kappa shape index (κ2) is 6.94. The molecule has 4 nitrogen and oxygen atoms in total. The zero-order chi connectivity index (χ0) is 16.2. The molecule has 0 aromatic heterocycles. The van der Waals surface area contributed by atoms with E-state index in [2.05, 4.69) is 0 Å². The van der Waals surface area contributed by atoms with E-state index < -0.39 is 0 Å². The molecule has 0 aliphatic carbocycles. The second-order valence-corrected chi connectivity index (χ2v) is 5.99. The normalized spacial score (nSPS) is 17.8. The van der Waals surface area contributed by atoms with E-state index in [0.717, 1.165) is 23.6 Å². The molecule has 1 atom stereocenters. The van der Waals surface area contributed by atoms with Crippen molar-refractivity contribution >= 4 is 29.1 Å². The van der Waals surface area contributed by atoms with Gasteiger partial charge in [0.2, 0.25) is 5.91 Å². The second-order valence-electron chi connectivity index (χ2n) is 5.58. The summed E-state index contributed by atoms with van der Waals surface area (Å²) in [5, 5.41) is 2.67. The Bertz CT molecular complexity index is 718. The number of hydrogen-bond donors (Lipinski definition) is 1. The quantitative estimate of drug-likeness (QED) is 0.850. The Hall–Kier alpha value is -2.17. The van der Waals surface area contributed by atoms with Crippen LogP contribution in [-0.4, -0.2) is 24.4 Å². The van der Waals surface area contributed by atoms with Gasteiger partial charge in [0.1, 0.15) is 0 Å². The summed E-state index contributed by atoms with van der Waals surface area (Å²) in [6, 6.07) is 16.4. The van der Waals surface area contributed by atoms with Gasteiger partial charge >= 0.3 is 0 Å². The van der Waals surface area contributed by atoms with Crippen molar-refractivity contribution < 1.29 is 14.9 Å². The van der Waals surface area contributed by atoms with Crippen molar-refractivity contribution in [3.05, 3.63) is 65.2 Å². The Morgan fingerprint density at radius 3 is 2.48 bits per heavy atom. The summed E-state index contributed by atoms with van der Waals surface area (Å²) in [5.41, 5.74) is 1.70. The van der Waals surface area contributed by atoms with E-state index in [-0.39, 0.29) is 24.3 Å². The monoisotopic (exact) mass is 329 g/mol. The highest BCUT2D eigenvalue weighted by atomic mass is 35.5. The highest BCUT2D eigenvalue weighted by molar-refractivity contribution is 6.31. The van der Waals surface area contributed by atoms with Crippen LogP contribution in [0.25, 0.3) is 0 Å². The lowest BCUT2D eigenvalue weighted by Crippen LogP contribution is -2.92. The summed E-state index contributed by atoms with van der Waals surface area (Å²) in [4.78, 5) is 25.9. The highest BCUT2D eigenvalue weighted by Gasteiger charge is 2.41. The largest absolute Gasteiger partial charge is 0.335 e. The Kier molecular flexibility index (Phi) is 4.74. The fourth-order valence-electron chi connectivity index (χ4n) is 2.83. The van der Waals surface area contributed by atoms with E-state index in [1.54, 1.807) is 12.1 Å². The van der Waals surface area contributed by atoms with Gasteiger partial charge in [0, 0.05) is 11.4 Å². The number of nitrogens with two attached hydrogens (primary N) is 1. The fourth-order valence-corrected chi connectivity index (χ4v) is 3.06. The van der Waals surface area contributed by atoms with E-state index in [0.29, 0.717) is 5.69 Å². The standard InChI is InChI=1S/C18H17ClN2O2/c19-15-9-5-4-6-13(15)10-11-20-16-12-17(22)21(18(16)23)14-7-2-1-3-8-14/h1-9,16,20H,10-12H2/p+1/t16-/m1/s1. The van der Waals surface area contributed by atoms with Crippen LogP contribution in [0.15, 0.2) is 54.6 Å². The summed E-state index contributed by atoms with van der Waals surface area (Å²) in [6.45, 7) is 0.718. The molecule has 0 spiro atoms. The van der Waals surface area contributed by atoms with Crippen molar-refractivity contribution in [1.29, 1.82) is 0 Å². The first-order valence-corrected chi connectivity index (χ1v) is 8.03. The van der Waals surface area contributed by atoms with Gasteiger partial charge in [0.25, 0.3) is 5.91 Å². The summed E-state index contributed by atoms with van der Waals surface area (Å²) in [6.07, 6.45) is 1.01. The number of para-hydroxylation sites is 1. The van der Waals surface area contributed by atoms with Crippen LogP contribution in [0.4, 0.5) is 5.69 Å². The molecule has 1 saturated heterocycles. The molecule has 0 unspecified atom stereocenters. The predicted octanol–water partition coefficient (Wildman–Crippen LogP) is 1.78. The number of carbonyl (C=O) groups excluding carboxylic acids is 2. The molecule has 0 bridgehead atoms. The minimum atomic E-state index is -0.342. The maximum Gasteiger partial charge on any atom is 0.292 e. The van der Waals surface area contributed by atoms with Crippen molar-refractivity contribution in [3.63, 3.8) is 0 Å². The van der Waals surface area contributed by atoms with Gasteiger partial charge in [-0.05, 0) is 23.8 Å². The van der Waals surface area contributed by atoms with Gasteiger partial charge < -0.3 is 5.32 Å². The third-order valence-electron chi connectivity index (χ3n) is 4.02. The van der Waals surface area contributed by atoms with Crippen LogP contribution in [0.2, 0.25) is 5.02 Å². The van der Waals surface area contributed by atoms with Crippen molar-refractivity contribution in [2.45, 2.75) is 18.9 Å². The minimum absolute atomic E-state index is 0.139. The predicted molar refractivity (Wildman–Crippen MR) is 89.3 cm³/mol. The lowest BCUT2D eigenvalue weighted by atomic mass is 10.1. The van der Waals surface area contributed by atoms with E-state index >= 15 is 0 Å². The van der Waals surface area contributed by atoms with Crippen molar-refractivity contribution in [2.75, 3.05) is 11.4 Å². The number of rotatable bonds is 5. The van der Waals surface area contributed by atoms with Crippen LogP contribution in [0, 0.1) is 0 Å². The Labute approximate surface area is 140 Å². The first kappa shape index (κ1) is 15.7. The SMILES string of the molecule is O=C1C[C@@H]([NH2+]CCc2ccccc2Cl)C(=O)N1c1ccccc1. The number of imide groups is 1. The number of nitrogens with zero attached hydrogens (tertiary/aromatic N) is 1. The van der Waals surface area contributed by atoms with Gasteiger partial charge in [0.15, 0.2) is 6.04 Å². The molecule has 2 N–H and O–H groups in total. The lowest BCUT2D eigenvalue weighted by Gasteiger charge is -2.14. The molecular formula is C18H18ClN2O2+. The average Bonchev–Trinajstić information content (AvgIpc) is 2.84. The van der Waals surface area contributed by atoms with Gasteiger partial charge in [-0.2, -0.15) is 0 Å². The topological polar surface area (TPSA) is 54.0 Å². The van der Waals surface area contributed by atoms with Gasteiger partial charge in [-0.25, -0.2) is 4.90 Å². The summed E-state index contributed by atoms with van der Waals surface area (Å²) in [7, 11) is 0. The number of carbonyl (C=O) groups is 2. The number of quaternary nitrogens is 1. The zero-order valence-electron chi connectivity index (χ0n) is 12.6. The number of benzene rings is 2. The molecule has 2 aromatic rings. The number of halogens is 1. The number of hydrogen-bond acceptors (Lipinski definition) is 2. The Morgan fingerprint density at radius 1 is 1.04 bits per heavy atom. The lowest BCUT2D eigenvalue weighted by molar-refractivity contribution is -0.674. The molecule has 5 heteroatoms. The van der Waals surface area contributed by atoms with Crippen molar-refractivity contribution in [2.24, 2.45) is 0 Å². The maximum absolute atomic E-state index is 12.5. The molecule has 118 valence electrons. The number of anilines is 1. The molecule has 3 rings (SSSR count). The Morgan fingerprint density at radius 2 is 1.74 bits per heavy atom. The van der Waals surface area contributed by atoms with Gasteiger partial charge in [0.05, 0.1) is 18.7 Å². The van der Waals surface area contributed by atoms with Gasteiger partial charge in [-0.3, -0.25) is 9.59 Å². The summed E-state index contributed by atoms with van der Waals surface area (Å²) >= 11 is 6.13. The van der Waals surface area contributed by atoms with Crippen LogP contribution in [0.1, 0.15) is 12.0 Å². The summed E-state index contributed by atoms with van der Waals surface area (Å²) < 4.78 is 0. The third-order valence-corrected chi connectivity index (χ3v) is 4.39. The van der Waals surface area contributed by atoms with Crippen molar-refractivity contribution in [1.82, 2.24) is 0 Å². The maximum atomic E-state index is 12.5. The van der Waals surface area contributed by atoms with E-state index in [4.69, 9.17) is 11.6 Å². The van der Waals surface area contributed by atoms with Crippen molar-refractivity contribution in [3.8, 4) is 0 Å². The average molecular weight is 330 g/mol. The minimum Gasteiger partial charge on any atom is -0.335 e.